The molecule has 0 aliphatic rings. The fourth-order valence-corrected chi connectivity index (χ4v) is 2.24. The zero-order valence-electron chi connectivity index (χ0n) is 13.6. The zero-order chi connectivity index (χ0) is 17.3. The molecule has 3 unspecified atom stereocenters. The van der Waals surface area contributed by atoms with E-state index in [1.807, 2.05) is 20.1 Å². The van der Waals surface area contributed by atoms with E-state index in [0.717, 1.165) is 0 Å². The van der Waals surface area contributed by atoms with Crippen molar-refractivity contribution in [2.45, 2.75) is 51.7 Å². The van der Waals surface area contributed by atoms with E-state index in [0.29, 0.717) is 18.6 Å². The van der Waals surface area contributed by atoms with Gasteiger partial charge in [0.25, 0.3) is 0 Å². The smallest absolute Gasteiger partial charge is 0.326 e. The van der Waals surface area contributed by atoms with E-state index in [1.54, 1.807) is 0 Å². The first-order valence-corrected chi connectivity index (χ1v) is 8.66. The predicted octanol–water partition coefficient (Wildman–Crippen LogP) is 0.187. The molecule has 7 nitrogen and oxygen atoms in total. The predicted molar refractivity (Wildman–Crippen MR) is 87.6 cm³/mol. The highest BCUT2D eigenvalue weighted by Crippen LogP contribution is 2.07. The molecule has 8 heteroatoms. The molecule has 0 aromatic heterocycles. The minimum atomic E-state index is -1.08. The average molecular weight is 333 g/mol. The van der Waals surface area contributed by atoms with Gasteiger partial charge in [0.15, 0.2) is 0 Å². The van der Waals surface area contributed by atoms with Crippen molar-refractivity contribution in [1.29, 1.82) is 0 Å². The number of carbonyl (C=O) groups excluding carboxylic acids is 2. The molecule has 0 aliphatic carbocycles. The Morgan fingerprint density at radius 1 is 1.09 bits per heavy atom. The van der Waals surface area contributed by atoms with Crippen LogP contribution < -0.4 is 16.4 Å². The Kier molecular flexibility index (Phi) is 9.84. The van der Waals surface area contributed by atoms with Crippen LogP contribution in [-0.2, 0) is 14.4 Å². The molecule has 0 saturated carbocycles. The summed E-state index contributed by atoms with van der Waals surface area (Å²) < 4.78 is 0. The molecule has 128 valence electrons. The fourth-order valence-electron chi connectivity index (χ4n) is 1.77. The van der Waals surface area contributed by atoms with Crippen molar-refractivity contribution in [2.24, 2.45) is 11.7 Å². The highest BCUT2D eigenvalue weighted by Gasteiger charge is 2.27. The number of aliphatic carboxylic acids is 1. The van der Waals surface area contributed by atoms with E-state index in [1.165, 1.54) is 18.7 Å². The van der Waals surface area contributed by atoms with Gasteiger partial charge >= 0.3 is 5.97 Å². The van der Waals surface area contributed by atoms with E-state index < -0.39 is 35.9 Å². The lowest BCUT2D eigenvalue weighted by Crippen LogP contribution is -2.54. The normalized spacial score (nSPS) is 15.0. The molecule has 22 heavy (non-hydrogen) atoms. The largest absolute Gasteiger partial charge is 0.480 e. The monoisotopic (exact) mass is 333 g/mol. The van der Waals surface area contributed by atoms with Crippen molar-refractivity contribution in [3.05, 3.63) is 0 Å². The molecule has 5 N–H and O–H groups in total. The molecule has 0 heterocycles. The third-order valence-corrected chi connectivity index (χ3v) is 3.62. The van der Waals surface area contributed by atoms with Crippen LogP contribution in [0.25, 0.3) is 0 Å². The zero-order valence-corrected chi connectivity index (χ0v) is 14.4. The topological polar surface area (TPSA) is 122 Å². The molecule has 0 fully saturated rings. The number of hydrogen-bond acceptors (Lipinski definition) is 5. The summed E-state index contributed by atoms with van der Waals surface area (Å²) in [6, 6.07) is -2.47. The molecule has 2 amide bonds. The number of amides is 2. The molecule has 0 aromatic rings. The molecule has 0 aromatic carbocycles. The molecule has 0 saturated heterocycles. The van der Waals surface area contributed by atoms with Crippen LogP contribution in [0.3, 0.4) is 0 Å². The molecule has 0 rings (SSSR count). The maximum Gasteiger partial charge on any atom is 0.326 e. The third-order valence-electron chi connectivity index (χ3n) is 2.98. The van der Waals surface area contributed by atoms with Gasteiger partial charge in [-0.3, -0.25) is 9.59 Å². The van der Waals surface area contributed by atoms with Crippen LogP contribution in [0.2, 0.25) is 0 Å². The minimum absolute atomic E-state index is 0.129. The number of nitrogens with one attached hydrogen (secondary N) is 2. The summed E-state index contributed by atoms with van der Waals surface area (Å²) in [6.07, 6.45) is 2.64. The summed E-state index contributed by atoms with van der Waals surface area (Å²) in [5.41, 5.74) is 5.49. The Balaban J connectivity index is 4.84. The number of thioether (sulfide) groups is 1. The molecular weight excluding hydrogens is 306 g/mol. The summed E-state index contributed by atoms with van der Waals surface area (Å²) in [5, 5.41) is 14.2. The second-order valence-electron chi connectivity index (χ2n) is 5.66. The van der Waals surface area contributed by atoms with Gasteiger partial charge in [0.1, 0.15) is 12.1 Å². The number of nitrogens with two attached hydrogens (primary N) is 1. The van der Waals surface area contributed by atoms with E-state index in [4.69, 9.17) is 5.73 Å². The number of hydrogen-bond donors (Lipinski definition) is 4. The highest BCUT2D eigenvalue weighted by molar-refractivity contribution is 7.98. The second-order valence-corrected chi connectivity index (χ2v) is 6.65. The quantitative estimate of drug-likeness (QED) is 0.453. The Morgan fingerprint density at radius 3 is 2.05 bits per heavy atom. The number of carboxylic acids is 1. The summed E-state index contributed by atoms with van der Waals surface area (Å²) in [4.78, 5) is 35.2. The summed E-state index contributed by atoms with van der Waals surface area (Å²) in [5.74, 6) is -1.21. The highest BCUT2D eigenvalue weighted by atomic mass is 32.2. The van der Waals surface area contributed by atoms with Gasteiger partial charge in [-0.25, -0.2) is 4.79 Å². The Labute approximate surface area is 135 Å². The molecule has 0 spiro atoms. The van der Waals surface area contributed by atoms with Gasteiger partial charge in [0, 0.05) is 0 Å². The number of carboxylic acid groups (broad SMARTS) is 1. The van der Waals surface area contributed by atoms with Crippen LogP contribution in [0.15, 0.2) is 0 Å². The van der Waals surface area contributed by atoms with Crippen molar-refractivity contribution in [2.75, 3.05) is 12.0 Å². The van der Waals surface area contributed by atoms with Crippen molar-refractivity contribution in [3.8, 4) is 0 Å². The maximum absolute atomic E-state index is 12.3. The first kappa shape index (κ1) is 20.7. The fraction of sp³-hybridized carbons (Fsp3) is 0.786. The first-order chi connectivity index (χ1) is 10.2. The molecule has 0 bridgehead atoms. The van der Waals surface area contributed by atoms with E-state index in [9.17, 15) is 19.5 Å². The van der Waals surface area contributed by atoms with Gasteiger partial charge in [-0.15, -0.1) is 0 Å². The minimum Gasteiger partial charge on any atom is -0.480 e. The van der Waals surface area contributed by atoms with Crippen molar-refractivity contribution < 1.29 is 19.5 Å². The van der Waals surface area contributed by atoms with Gasteiger partial charge in [0.2, 0.25) is 11.8 Å². The number of rotatable bonds is 10. The Bertz CT molecular complexity index is 388. The standard InChI is InChI=1S/C14H27N3O4S/c1-8(2)7-11(14(20)21)17-13(19)10(5-6-22-4)16-12(18)9(3)15/h8-11H,5-7,15H2,1-4H3,(H,16,18)(H,17,19)(H,20,21). The third kappa shape index (κ3) is 8.23. The lowest BCUT2D eigenvalue weighted by Gasteiger charge is -2.22. The van der Waals surface area contributed by atoms with Gasteiger partial charge < -0.3 is 21.5 Å². The first-order valence-electron chi connectivity index (χ1n) is 7.27. The van der Waals surface area contributed by atoms with Gasteiger partial charge in [-0.2, -0.15) is 11.8 Å². The van der Waals surface area contributed by atoms with Crippen LogP contribution >= 0.6 is 11.8 Å². The maximum atomic E-state index is 12.3. The average Bonchev–Trinajstić information content (AvgIpc) is 2.41. The van der Waals surface area contributed by atoms with Gasteiger partial charge in [0.05, 0.1) is 6.04 Å². The lowest BCUT2D eigenvalue weighted by molar-refractivity contribution is -0.142. The van der Waals surface area contributed by atoms with Crippen molar-refractivity contribution in [3.63, 3.8) is 0 Å². The van der Waals surface area contributed by atoms with E-state index in [2.05, 4.69) is 10.6 Å². The van der Waals surface area contributed by atoms with Crippen LogP contribution in [0.4, 0.5) is 0 Å². The lowest BCUT2D eigenvalue weighted by atomic mass is 10.0. The van der Waals surface area contributed by atoms with Gasteiger partial charge in [-0.1, -0.05) is 13.8 Å². The second kappa shape index (κ2) is 10.4. The van der Waals surface area contributed by atoms with Crippen LogP contribution in [0.1, 0.15) is 33.6 Å². The summed E-state index contributed by atoms with van der Waals surface area (Å²) in [7, 11) is 0. The SMILES string of the molecule is CSCCC(NC(=O)C(C)N)C(=O)NC(CC(C)C)C(=O)O. The van der Waals surface area contributed by atoms with Crippen LogP contribution in [0.5, 0.6) is 0 Å². The Morgan fingerprint density at radius 2 is 1.64 bits per heavy atom. The van der Waals surface area contributed by atoms with Crippen LogP contribution in [0, 0.1) is 5.92 Å². The van der Waals surface area contributed by atoms with Crippen LogP contribution in [-0.4, -0.2) is 53.0 Å². The van der Waals surface area contributed by atoms with Crippen molar-refractivity contribution in [1.82, 2.24) is 10.6 Å². The molecule has 0 radical (unpaired) electrons. The summed E-state index contributed by atoms with van der Waals surface area (Å²) in [6.45, 7) is 5.29. The Hall–Kier alpha value is -1.28. The summed E-state index contributed by atoms with van der Waals surface area (Å²) >= 11 is 1.54. The van der Waals surface area contributed by atoms with Gasteiger partial charge in [-0.05, 0) is 37.7 Å². The molecule has 3 atom stereocenters. The van der Waals surface area contributed by atoms with Crippen molar-refractivity contribution >= 4 is 29.5 Å². The molecular formula is C14H27N3O4S. The van der Waals surface area contributed by atoms with E-state index in [-0.39, 0.29) is 5.92 Å². The molecule has 0 aliphatic heterocycles. The van der Waals surface area contributed by atoms with E-state index >= 15 is 0 Å². The number of carbonyl (C=O) groups is 3.